The van der Waals surface area contributed by atoms with Crippen molar-refractivity contribution in [2.24, 2.45) is 28.6 Å². The maximum Gasteiger partial charge on any atom is 0.349 e. The zero-order chi connectivity index (χ0) is 24.0. The standard InChI is InChI=1S/C23H26Cl2F2O5/c1-10-7-12-13-8-14(26)17-18(27)15(29)5-6-20(17,3)22(13,25)16(24)9-21(12,4)23(10,19(30)31)32-11(2)28/h5-6,10,12-14,16H,7-9H2,1-4H3,(H,30,31)/t10-,12-,13-,14-,16-,20-,21-,22-,23-/m0/s1. The molecule has 3 saturated carbocycles. The van der Waals surface area contributed by atoms with E-state index in [1.165, 1.54) is 6.08 Å². The molecule has 1 N–H and O–H groups in total. The fourth-order valence-corrected chi connectivity index (χ4v) is 8.69. The summed E-state index contributed by atoms with van der Waals surface area (Å²) in [5.41, 5.74) is -4.63. The molecule has 32 heavy (non-hydrogen) atoms. The monoisotopic (exact) mass is 490 g/mol. The number of alkyl halides is 3. The zero-order valence-electron chi connectivity index (χ0n) is 18.3. The average Bonchev–Trinajstić information content (AvgIpc) is 2.89. The molecule has 0 unspecified atom stereocenters. The smallest absolute Gasteiger partial charge is 0.349 e. The quantitative estimate of drug-likeness (QED) is 0.446. The number of ether oxygens (including phenoxy) is 1. The van der Waals surface area contributed by atoms with Gasteiger partial charge in [0.2, 0.25) is 11.4 Å². The Morgan fingerprint density at radius 2 is 1.88 bits per heavy atom. The summed E-state index contributed by atoms with van der Waals surface area (Å²) in [4.78, 5) is 35.1. The summed E-state index contributed by atoms with van der Waals surface area (Å²) >= 11 is 14.2. The molecule has 0 radical (unpaired) electrons. The fourth-order valence-electron chi connectivity index (χ4n) is 7.50. The number of hydrogen-bond donors (Lipinski definition) is 1. The topological polar surface area (TPSA) is 80.7 Å². The number of carbonyl (C=O) groups is 3. The predicted molar refractivity (Wildman–Crippen MR) is 114 cm³/mol. The van der Waals surface area contributed by atoms with Crippen LogP contribution in [0.4, 0.5) is 8.78 Å². The summed E-state index contributed by atoms with van der Waals surface area (Å²) in [7, 11) is 0. The van der Waals surface area contributed by atoms with Gasteiger partial charge in [-0.2, -0.15) is 0 Å². The third-order valence-electron chi connectivity index (χ3n) is 8.83. The van der Waals surface area contributed by atoms with Crippen molar-refractivity contribution >= 4 is 40.9 Å². The van der Waals surface area contributed by atoms with Crippen LogP contribution in [0.2, 0.25) is 0 Å². The van der Waals surface area contributed by atoms with E-state index in [0.29, 0.717) is 6.42 Å². The molecule has 0 heterocycles. The molecule has 0 aromatic heterocycles. The van der Waals surface area contributed by atoms with Crippen molar-refractivity contribution in [3.8, 4) is 0 Å². The van der Waals surface area contributed by atoms with Crippen LogP contribution in [0.1, 0.15) is 47.0 Å². The first-order valence-corrected chi connectivity index (χ1v) is 11.5. The molecule has 0 aliphatic heterocycles. The SMILES string of the molecule is CC(=O)O[C@]1(C(=O)O)[C@@H](C)C[C@H]2[C@@H]3C[C@H](F)C4=C(F)C(=O)C=C[C@]4(C)[C@@]3(Cl)[C@@H](Cl)C[C@@]21C. The number of allylic oxidation sites excluding steroid dienone is 4. The molecule has 0 aromatic carbocycles. The number of carboxylic acids is 1. The van der Waals surface area contributed by atoms with Crippen LogP contribution in [-0.2, 0) is 19.1 Å². The first kappa shape index (κ1) is 23.7. The van der Waals surface area contributed by atoms with Crippen molar-refractivity contribution in [3.05, 3.63) is 23.6 Å². The maximum absolute atomic E-state index is 15.5. The predicted octanol–water partition coefficient (Wildman–Crippen LogP) is 4.75. The number of hydrogen-bond acceptors (Lipinski definition) is 4. The molecule has 4 rings (SSSR count). The van der Waals surface area contributed by atoms with Gasteiger partial charge in [-0.1, -0.05) is 26.8 Å². The summed E-state index contributed by atoms with van der Waals surface area (Å²) < 4.78 is 35.9. The Kier molecular flexibility index (Phi) is 5.19. The molecular formula is C23H26Cl2F2O5. The average molecular weight is 491 g/mol. The normalized spacial score (nSPS) is 49.9. The Balaban J connectivity index is 1.91. The van der Waals surface area contributed by atoms with E-state index >= 15 is 4.39 Å². The van der Waals surface area contributed by atoms with Crippen LogP contribution < -0.4 is 0 Å². The lowest BCUT2D eigenvalue weighted by Crippen LogP contribution is -2.69. The highest BCUT2D eigenvalue weighted by molar-refractivity contribution is 6.34. The lowest BCUT2D eigenvalue weighted by Gasteiger charge is -2.64. The van der Waals surface area contributed by atoms with Gasteiger partial charge in [-0.05, 0) is 37.2 Å². The Morgan fingerprint density at radius 3 is 2.44 bits per heavy atom. The van der Waals surface area contributed by atoms with Crippen molar-refractivity contribution in [2.45, 2.75) is 69.0 Å². The van der Waals surface area contributed by atoms with Gasteiger partial charge in [0.1, 0.15) is 6.17 Å². The molecule has 5 nitrogen and oxygen atoms in total. The van der Waals surface area contributed by atoms with E-state index < -0.39 is 74.2 Å². The third-order valence-corrected chi connectivity index (χ3v) is 10.4. The number of halogens is 4. The second-order valence-corrected chi connectivity index (χ2v) is 11.3. The highest BCUT2D eigenvalue weighted by Crippen LogP contribution is 2.73. The van der Waals surface area contributed by atoms with E-state index in [2.05, 4.69) is 0 Å². The minimum atomic E-state index is -1.85. The van der Waals surface area contributed by atoms with E-state index in [9.17, 15) is 23.9 Å². The minimum Gasteiger partial charge on any atom is -0.478 e. The summed E-state index contributed by atoms with van der Waals surface area (Å²) in [5.74, 6) is -5.72. The second kappa shape index (κ2) is 7.02. The van der Waals surface area contributed by atoms with Gasteiger partial charge in [-0.25, -0.2) is 13.6 Å². The van der Waals surface area contributed by atoms with Crippen LogP contribution in [0.5, 0.6) is 0 Å². The van der Waals surface area contributed by atoms with E-state index in [1.54, 1.807) is 20.8 Å². The molecule has 9 atom stereocenters. The molecule has 0 saturated heterocycles. The van der Waals surface area contributed by atoms with Crippen LogP contribution in [0.25, 0.3) is 0 Å². The lowest BCUT2D eigenvalue weighted by atomic mass is 9.46. The second-order valence-electron chi connectivity index (χ2n) is 10.2. The van der Waals surface area contributed by atoms with Gasteiger partial charge >= 0.3 is 11.9 Å². The minimum absolute atomic E-state index is 0.0619. The molecular weight excluding hydrogens is 465 g/mol. The molecule has 4 aliphatic rings. The number of aliphatic carboxylic acids is 1. The molecule has 0 aromatic rings. The number of ketones is 1. The number of fused-ring (bicyclic) bond motifs is 5. The van der Waals surface area contributed by atoms with Gasteiger partial charge in [0.05, 0.1) is 10.3 Å². The van der Waals surface area contributed by atoms with Gasteiger partial charge in [0.15, 0.2) is 5.83 Å². The zero-order valence-corrected chi connectivity index (χ0v) is 19.8. The number of carboxylic acid groups (broad SMARTS) is 1. The first-order chi connectivity index (χ1) is 14.7. The Morgan fingerprint density at radius 1 is 1.25 bits per heavy atom. The van der Waals surface area contributed by atoms with Crippen molar-refractivity contribution in [1.82, 2.24) is 0 Å². The summed E-state index contributed by atoms with van der Waals surface area (Å²) in [6.07, 6.45) is 0.910. The van der Waals surface area contributed by atoms with Crippen molar-refractivity contribution in [1.29, 1.82) is 0 Å². The van der Waals surface area contributed by atoms with Crippen LogP contribution in [0.3, 0.4) is 0 Å². The van der Waals surface area contributed by atoms with E-state index in [4.69, 9.17) is 27.9 Å². The van der Waals surface area contributed by atoms with Gasteiger partial charge in [-0.15, -0.1) is 23.2 Å². The largest absolute Gasteiger partial charge is 0.478 e. The van der Waals surface area contributed by atoms with Crippen molar-refractivity contribution < 1.29 is 33.0 Å². The lowest BCUT2D eigenvalue weighted by molar-refractivity contribution is -0.204. The first-order valence-electron chi connectivity index (χ1n) is 10.7. The third kappa shape index (κ3) is 2.53. The van der Waals surface area contributed by atoms with Crippen LogP contribution in [0.15, 0.2) is 23.6 Å². The Hall–Kier alpha value is -1.47. The van der Waals surface area contributed by atoms with Crippen LogP contribution in [0, 0.1) is 28.6 Å². The molecule has 0 spiro atoms. The molecule has 0 bridgehead atoms. The molecule has 4 aliphatic carbocycles. The van der Waals surface area contributed by atoms with Gasteiger partial charge in [0, 0.05) is 29.2 Å². The highest BCUT2D eigenvalue weighted by Gasteiger charge is 2.77. The number of rotatable bonds is 2. The number of esters is 1. The van der Waals surface area contributed by atoms with Gasteiger partial charge < -0.3 is 9.84 Å². The summed E-state index contributed by atoms with van der Waals surface area (Å²) in [5, 5.41) is 9.35. The molecule has 9 heteroatoms. The summed E-state index contributed by atoms with van der Waals surface area (Å²) in [6.45, 7) is 6.15. The Labute approximate surface area is 195 Å². The maximum atomic E-state index is 15.5. The highest BCUT2D eigenvalue weighted by atomic mass is 35.5. The van der Waals surface area contributed by atoms with Gasteiger partial charge in [-0.3, -0.25) is 9.59 Å². The van der Waals surface area contributed by atoms with Crippen LogP contribution >= 0.6 is 23.2 Å². The number of carbonyl (C=O) groups excluding carboxylic acids is 2. The fraction of sp³-hybridized carbons (Fsp3) is 0.696. The van der Waals surface area contributed by atoms with Crippen molar-refractivity contribution in [3.63, 3.8) is 0 Å². The van der Waals surface area contributed by atoms with Crippen molar-refractivity contribution in [2.75, 3.05) is 0 Å². The summed E-state index contributed by atoms with van der Waals surface area (Å²) in [6, 6.07) is 0. The van der Waals surface area contributed by atoms with E-state index in [0.717, 1.165) is 13.0 Å². The molecule has 176 valence electrons. The van der Waals surface area contributed by atoms with E-state index in [-0.39, 0.29) is 18.4 Å². The van der Waals surface area contributed by atoms with Gasteiger partial charge in [0.25, 0.3) is 0 Å². The van der Waals surface area contributed by atoms with E-state index in [1.807, 2.05) is 0 Å². The molecule has 0 amide bonds. The van der Waals surface area contributed by atoms with Crippen LogP contribution in [-0.4, -0.2) is 44.9 Å². The molecule has 3 fully saturated rings. The Bertz CT molecular complexity index is 981.